The molecule has 29 heteroatoms. The van der Waals surface area contributed by atoms with Gasteiger partial charge in [-0.05, 0) is 37.1 Å². The Morgan fingerprint density at radius 3 is 1.42 bits per heavy atom. The van der Waals surface area contributed by atoms with Crippen LogP contribution in [0.2, 0.25) is 0 Å². The minimum absolute atomic E-state index is 0.123. The summed E-state index contributed by atoms with van der Waals surface area (Å²) >= 11 is 0. The molecule has 4 aromatic heterocycles. The summed E-state index contributed by atoms with van der Waals surface area (Å²) < 4.78 is 83.1. The zero-order valence-electron chi connectivity index (χ0n) is 38.7. The van der Waals surface area contributed by atoms with E-state index in [9.17, 15) is 28.5 Å². The van der Waals surface area contributed by atoms with Crippen LogP contribution in [0.25, 0.3) is 34.5 Å². The number of rotatable bonds is 18. The van der Waals surface area contributed by atoms with E-state index < -0.39 is 103 Å². The van der Waals surface area contributed by atoms with Gasteiger partial charge in [-0.1, -0.05) is 72.8 Å². The predicted molar refractivity (Wildman–Crippen MR) is 255 cm³/mol. The van der Waals surface area contributed by atoms with E-state index in [1.54, 1.807) is 38.2 Å². The Labute approximate surface area is 414 Å². The van der Waals surface area contributed by atoms with Crippen molar-refractivity contribution in [2.75, 3.05) is 36.9 Å². The van der Waals surface area contributed by atoms with Crippen molar-refractivity contribution in [3.05, 3.63) is 109 Å². The van der Waals surface area contributed by atoms with Crippen molar-refractivity contribution in [1.82, 2.24) is 49.7 Å². The number of ether oxygens (including phenoxy) is 6. The van der Waals surface area contributed by atoms with Crippen molar-refractivity contribution in [3.8, 4) is 0 Å². The molecule has 6 aromatic rings. The number of hydrogen-bond donors (Lipinski definition) is 6. The highest BCUT2D eigenvalue weighted by Crippen LogP contribution is 2.61. The van der Waals surface area contributed by atoms with Crippen LogP contribution in [0.15, 0.2) is 98.1 Å². The number of aromatic nitrogens is 8. The average Bonchev–Trinajstić information content (AvgIpc) is 4.24. The van der Waals surface area contributed by atoms with Gasteiger partial charge in [0.15, 0.2) is 59.0 Å². The summed E-state index contributed by atoms with van der Waals surface area (Å²) in [6.07, 6.45) is 2.42. The number of phosphoric ester groups is 2. The van der Waals surface area contributed by atoms with E-state index in [0.717, 1.165) is 11.1 Å². The number of urea groups is 2. The quantitative estimate of drug-likeness (QED) is 0.0638. The third kappa shape index (κ3) is 11.2. The highest BCUT2D eigenvalue weighted by atomic mass is 31.3. The van der Waals surface area contributed by atoms with E-state index in [-0.39, 0.29) is 34.0 Å². The fourth-order valence-electron chi connectivity index (χ4n) is 8.52. The van der Waals surface area contributed by atoms with Crippen molar-refractivity contribution in [2.24, 2.45) is 0 Å². The van der Waals surface area contributed by atoms with Crippen LogP contribution >= 0.6 is 15.6 Å². The van der Waals surface area contributed by atoms with Gasteiger partial charge in [0.1, 0.15) is 49.3 Å². The van der Waals surface area contributed by atoms with Crippen molar-refractivity contribution in [3.63, 3.8) is 0 Å². The molecular formula is C44H48N12O15P2. The molecule has 4 fully saturated rings. The minimum Gasteiger partial charge on any atom is -0.347 e. The lowest BCUT2D eigenvalue weighted by atomic mass is 10.1. The van der Waals surface area contributed by atoms with Crippen molar-refractivity contribution >= 4 is 73.8 Å². The largest absolute Gasteiger partial charge is 0.481 e. The number of carbonyl (C=O) groups is 2. The summed E-state index contributed by atoms with van der Waals surface area (Å²) in [5.74, 6) is 0.246. The molecule has 8 heterocycles. The van der Waals surface area contributed by atoms with Gasteiger partial charge in [0.05, 0.1) is 25.9 Å². The van der Waals surface area contributed by atoms with Crippen LogP contribution in [0, 0.1) is 0 Å². The minimum atomic E-state index is -5.43. The number of amides is 4. The van der Waals surface area contributed by atoms with E-state index in [4.69, 9.17) is 41.8 Å². The van der Waals surface area contributed by atoms with E-state index in [1.807, 2.05) is 60.7 Å². The van der Waals surface area contributed by atoms with Crippen LogP contribution in [0.4, 0.5) is 21.2 Å². The summed E-state index contributed by atoms with van der Waals surface area (Å²) in [6, 6.07) is 17.8. The van der Waals surface area contributed by atoms with Gasteiger partial charge in [-0.3, -0.25) is 28.8 Å². The second-order valence-corrected chi connectivity index (χ2v) is 19.5. The molecule has 0 radical (unpaired) electrons. The molecule has 12 atom stereocenters. The second kappa shape index (κ2) is 21.6. The molecule has 73 heavy (non-hydrogen) atoms. The maximum atomic E-state index is 13.5. The van der Waals surface area contributed by atoms with Gasteiger partial charge in [0.25, 0.3) is 0 Å². The lowest BCUT2D eigenvalue weighted by molar-refractivity contribution is -0.133. The zero-order chi connectivity index (χ0) is 50.7. The molecule has 0 spiro atoms. The molecule has 4 saturated heterocycles. The molecule has 0 aliphatic carbocycles. The normalized spacial score (nSPS) is 27.3. The lowest BCUT2D eigenvalue weighted by Crippen LogP contribution is -2.32. The topological polar surface area (TPSA) is 327 Å². The number of phosphoric acid groups is 2. The van der Waals surface area contributed by atoms with Gasteiger partial charge < -0.3 is 48.8 Å². The summed E-state index contributed by atoms with van der Waals surface area (Å²) in [5.41, 5.74) is 2.69. The van der Waals surface area contributed by atoms with Crippen molar-refractivity contribution < 1.29 is 70.3 Å². The van der Waals surface area contributed by atoms with Crippen LogP contribution in [0.5, 0.6) is 0 Å². The number of fused-ring (bicyclic) bond motifs is 4. The molecule has 0 bridgehead atoms. The summed E-state index contributed by atoms with van der Waals surface area (Å²) in [6.45, 7) is 2.83. The first kappa shape index (κ1) is 50.1. The monoisotopic (exact) mass is 1050 g/mol. The molecule has 384 valence electrons. The molecule has 4 aliphatic heterocycles. The van der Waals surface area contributed by atoms with Crippen LogP contribution in [0.1, 0.15) is 37.4 Å². The van der Waals surface area contributed by atoms with Crippen molar-refractivity contribution in [1.29, 1.82) is 0 Å². The fourth-order valence-corrected chi connectivity index (χ4v) is 10.6. The highest BCUT2D eigenvalue weighted by Gasteiger charge is 2.56. The van der Waals surface area contributed by atoms with Crippen LogP contribution in [0.3, 0.4) is 0 Å². The maximum absolute atomic E-state index is 13.5. The summed E-state index contributed by atoms with van der Waals surface area (Å²) in [7, 11) is -10.9. The third-order valence-corrected chi connectivity index (χ3v) is 14.2. The van der Waals surface area contributed by atoms with Gasteiger partial charge in [-0.2, -0.15) is 4.31 Å². The standard InChI is InChI=1S/C44H48N12O15P2/c1-3-45-43(57)53-37-31-39(49-21-47-37)55(23-51-31)41-35-33(67-29(69-35)17-15-25-11-7-5-8-12-25)27(65-41)19-63-72(59,60)71-73(61,62)64-20-28-34-36(70-30(68-34)18-16-26-13-9-6-10-14-26)42(66-28)56-24-52-32-38(48-22-50-40(32)56)54-44(58)46-4-2/h5-18,21-24,27-30,33-36,41-42H,3-4,19-20H2,1-2H3,(H,59,60)(H,61,62)(H2,45,47,49,53,57)(H2,46,48,50,54,58)/b17-15+,18-16+/t27-,28-,29?,30?,33?,34?,35?,36?,41-,42-/m1/s1. The average molecular weight is 1050 g/mol. The molecule has 4 amide bonds. The van der Waals surface area contributed by atoms with Gasteiger partial charge in [0.2, 0.25) is 0 Å². The van der Waals surface area contributed by atoms with Crippen molar-refractivity contribution in [2.45, 2.75) is 75.5 Å². The number of anilines is 2. The van der Waals surface area contributed by atoms with Gasteiger partial charge in [0, 0.05) is 13.1 Å². The van der Waals surface area contributed by atoms with E-state index in [2.05, 4.69) is 51.2 Å². The first-order chi connectivity index (χ1) is 35.3. The molecule has 27 nitrogen and oxygen atoms in total. The zero-order valence-corrected chi connectivity index (χ0v) is 40.5. The van der Waals surface area contributed by atoms with Crippen LogP contribution < -0.4 is 21.3 Å². The molecule has 6 N–H and O–H groups in total. The smallest absolute Gasteiger partial charge is 0.347 e. The Balaban J connectivity index is 0.830. The van der Waals surface area contributed by atoms with Gasteiger partial charge in [-0.25, -0.2) is 48.6 Å². The Bertz CT molecular complexity index is 2890. The number of hydrogen-bond acceptors (Lipinski definition) is 19. The lowest BCUT2D eigenvalue weighted by Gasteiger charge is -2.22. The number of benzene rings is 2. The molecule has 0 saturated carbocycles. The summed E-state index contributed by atoms with van der Waals surface area (Å²) in [5, 5.41) is 10.5. The van der Waals surface area contributed by atoms with Crippen LogP contribution in [-0.2, 0) is 50.9 Å². The first-order valence-corrected chi connectivity index (χ1v) is 25.8. The fraction of sp³-hybridized carbons (Fsp3) is 0.364. The molecule has 4 aliphatic rings. The highest BCUT2D eigenvalue weighted by molar-refractivity contribution is 7.61. The van der Waals surface area contributed by atoms with Crippen LogP contribution in [-0.4, -0.2) is 136 Å². The maximum Gasteiger partial charge on any atom is 0.481 e. The first-order valence-electron chi connectivity index (χ1n) is 22.9. The number of nitrogens with one attached hydrogen (secondary N) is 4. The molecule has 10 rings (SSSR count). The molecule has 2 aromatic carbocycles. The number of imidazole rings is 2. The number of nitrogens with zero attached hydrogens (tertiary/aromatic N) is 8. The Hall–Kier alpha value is -6.42. The van der Waals surface area contributed by atoms with E-state index >= 15 is 0 Å². The van der Waals surface area contributed by atoms with Gasteiger partial charge in [-0.15, -0.1) is 0 Å². The van der Waals surface area contributed by atoms with E-state index in [0.29, 0.717) is 13.1 Å². The number of carbonyl (C=O) groups excluding carboxylic acids is 2. The Kier molecular flexibility index (Phi) is 14.8. The third-order valence-electron chi connectivity index (χ3n) is 11.6. The SMILES string of the molecule is CCNC(=O)Nc1ncnc2c1ncn2[C@@H]1O[C@H](COP(=O)(O)OP(=O)(O)OC[C@H]2O[C@@H](n3cnc4c(NC(=O)NCC)ncnc43)C3OC(/C=C/c4ccccc4)OC32)C2OC(/C=C/c3ccccc3)OC21. The molecule has 8 unspecified atom stereocenters. The Morgan fingerprint density at radius 1 is 0.603 bits per heavy atom. The molecular weight excluding hydrogens is 999 g/mol. The van der Waals surface area contributed by atoms with E-state index in [1.165, 1.54) is 34.4 Å². The second-order valence-electron chi connectivity index (χ2n) is 16.5. The van der Waals surface area contributed by atoms with Gasteiger partial charge >= 0.3 is 27.7 Å². The Morgan fingerprint density at radius 2 is 1.01 bits per heavy atom. The summed E-state index contributed by atoms with van der Waals surface area (Å²) in [4.78, 5) is 72.4. The predicted octanol–water partition coefficient (Wildman–Crippen LogP) is 4.64.